The van der Waals surface area contributed by atoms with Gasteiger partial charge in [-0.25, -0.2) is 0 Å². The van der Waals surface area contributed by atoms with Crippen molar-refractivity contribution in [3.8, 4) is 0 Å². The topological polar surface area (TPSA) is 46.1 Å². The van der Waals surface area contributed by atoms with Crippen LogP contribution in [0.15, 0.2) is 30.7 Å². The maximum Gasteiger partial charge on any atom is 0.261 e. The maximum absolute atomic E-state index is 12.9. The minimum Gasteiger partial charge on any atom is -0.306 e. The Labute approximate surface area is 139 Å². The van der Waals surface area contributed by atoms with E-state index >= 15 is 0 Å². The first-order valence-corrected chi connectivity index (χ1v) is 7.86. The van der Waals surface area contributed by atoms with Crippen molar-refractivity contribution in [3.05, 3.63) is 52.0 Å². The Morgan fingerprint density at radius 2 is 2.09 bits per heavy atom. The Bertz CT molecular complexity index is 702. The van der Waals surface area contributed by atoms with Gasteiger partial charge in [0.05, 0.1) is 33.2 Å². The zero-order chi connectivity index (χ0) is 15.7. The molecule has 4 nitrogen and oxygen atoms in total. The molecule has 22 heavy (non-hydrogen) atoms. The summed E-state index contributed by atoms with van der Waals surface area (Å²) < 4.78 is 0. The van der Waals surface area contributed by atoms with Crippen molar-refractivity contribution in [3.63, 3.8) is 0 Å². The third-order valence-electron chi connectivity index (χ3n) is 3.70. The van der Waals surface area contributed by atoms with E-state index < -0.39 is 0 Å². The molecule has 6 heteroatoms. The van der Waals surface area contributed by atoms with Crippen LogP contribution >= 0.6 is 23.2 Å². The van der Waals surface area contributed by atoms with Gasteiger partial charge < -0.3 is 4.90 Å². The van der Waals surface area contributed by atoms with E-state index in [1.54, 1.807) is 24.2 Å². The van der Waals surface area contributed by atoms with Crippen LogP contribution in [0.3, 0.4) is 0 Å². The Hall–Kier alpha value is -1.65. The minimum atomic E-state index is -0.195. The van der Waals surface area contributed by atoms with Crippen LogP contribution < -0.4 is 4.90 Å². The second-order valence-electron chi connectivity index (χ2n) is 5.46. The van der Waals surface area contributed by atoms with E-state index in [0.29, 0.717) is 28.7 Å². The third kappa shape index (κ3) is 3.08. The molecule has 0 bridgehead atoms. The molecule has 0 radical (unpaired) electrons. The maximum atomic E-state index is 12.9. The molecule has 0 atom stereocenters. The fourth-order valence-corrected chi connectivity index (χ4v) is 2.64. The highest BCUT2D eigenvalue weighted by molar-refractivity contribution is 6.44. The van der Waals surface area contributed by atoms with Gasteiger partial charge in [-0.15, -0.1) is 0 Å². The third-order valence-corrected chi connectivity index (χ3v) is 4.66. The van der Waals surface area contributed by atoms with E-state index in [1.807, 2.05) is 12.1 Å². The Morgan fingerprint density at radius 3 is 2.73 bits per heavy atom. The first-order chi connectivity index (χ1) is 10.6. The summed E-state index contributed by atoms with van der Waals surface area (Å²) in [5.74, 6) is 0.344. The van der Waals surface area contributed by atoms with Gasteiger partial charge in [-0.2, -0.15) is 0 Å². The zero-order valence-corrected chi connectivity index (χ0v) is 13.6. The predicted molar refractivity (Wildman–Crippen MR) is 87.6 cm³/mol. The number of carbonyl (C=O) groups is 1. The number of anilines is 1. The molecule has 2 heterocycles. The highest BCUT2D eigenvalue weighted by Crippen LogP contribution is 2.34. The minimum absolute atomic E-state index is 0.195. The molecule has 1 aliphatic rings. The summed E-state index contributed by atoms with van der Waals surface area (Å²) in [5, 5.41) is 0.578. The number of hydrogen-bond acceptors (Lipinski definition) is 3. The lowest BCUT2D eigenvalue weighted by atomic mass is 10.2. The summed E-state index contributed by atoms with van der Waals surface area (Å²) >= 11 is 12.4. The van der Waals surface area contributed by atoms with Gasteiger partial charge in [0.1, 0.15) is 0 Å². The van der Waals surface area contributed by atoms with Crippen molar-refractivity contribution in [2.24, 2.45) is 5.92 Å². The molecule has 2 aromatic rings. The number of amides is 1. The molecule has 1 fully saturated rings. The number of pyridine rings is 2. The highest BCUT2D eigenvalue weighted by Gasteiger charge is 2.29. The van der Waals surface area contributed by atoms with Crippen LogP contribution in [0.5, 0.6) is 0 Å². The number of aryl methyl sites for hydroxylation is 1. The zero-order valence-electron chi connectivity index (χ0n) is 12.1. The van der Waals surface area contributed by atoms with E-state index in [4.69, 9.17) is 23.2 Å². The molecule has 114 valence electrons. The Kier molecular flexibility index (Phi) is 4.32. The average Bonchev–Trinajstić information content (AvgIpc) is 3.35. The summed E-state index contributed by atoms with van der Waals surface area (Å²) in [6.45, 7) is 2.41. The standard InChI is InChI=1S/C16H15Cl2N3O/c1-10-14(17)15(18)13(8-20-10)16(22)21(9-11-4-5-11)12-3-2-6-19-7-12/h2-3,6-8,11H,4-5,9H2,1H3. The van der Waals surface area contributed by atoms with Gasteiger partial charge in [-0.3, -0.25) is 14.8 Å². The number of carbonyl (C=O) groups excluding carboxylic acids is 1. The van der Waals surface area contributed by atoms with Crippen LogP contribution in [-0.4, -0.2) is 22.4 Å². The van der Waals surface area contributed by atoms with Gasteiger partial charge in [-0.05, 0) is 37.8 Å². The summed E-state index contributed by atoms with van der Waals surface area (Å²) in [6, 6.07) is 3.68. The number of halogens is 2. The first-order valence-electron chi connectivity index (χ1n) is 7.10. The lowest BCUT2D eigenvalue weighted by Crippen LogP contribution is -2.33. The smallest absolute Gasteiger partial charge is 0.261 e. The lowest BCUT2D eigenvalue weighted by molar-refractivity contribution is 0.0985. The lowest BCUT2D eigenvalue weighted by Gasteiger charge is -2.23. The molecule has 0 saturated heterocycles. The molecule has 1 aliphatic carbocycles. The summed E-state index contributed by atoms with van der Waals surface area (Å²) in [5.41, 5.74) is 1.69. The SMILES string of the molecule is Cc1ncc(C(=O)N(CC2CC2)c2cccnc2)c(Cl)c1Cl. The largest absolute Gasteiger partial charge is 0.306 e. The van der Waals surface area contributed by atoms with Crippen molar-refractivity contribution in [2.75, 3.05) is 11.4 Å². The van der Waals surface area contributed by atoms with Crippen molar-refractivity contribution in [1.29, 1.82) is 0 Å². The molecule has 1 saturated carbocycles. The van der Waals surface area contributed by atoms with Crippen molar-refractivity contribution in [2.45, 2.75) is 19.8 Å². The first kappa shape index (κ1) is 15.3. The van der Waals surface area contributed by atoms with Gasteiger partial charge in [0.15, 0.2) is 0 Å². The van der Waals surface area contributed by atoms with Crippen molar-refractivity contribution >= 4 is 34.8 Å². The van der Waals surface area contributed by atoms with E-state index in [0.717, 1.165) is 18.5 Å². The molecule has 0 spiro atoms. The molecule has 0 N–H and O–H groups in total. The summed E-state index contributed by atoms with van der Waals surface area (Å²) in [4.78, 5) is 22.9. The quantitative estimate of drug-likeness (QED) is 0.843. The molecule has 1 amide bonds. The molecular weight excluding hydrogens is 321 g/mol. The number of nitrogens with zero attached hydrogens (tertiary/aromatic N) is 3. The summed E-state index contributed by atoms with van der Waals surface area (Å²) in [6.07, 6.45) is 7.13. The monoisotopic (exact) mass is 335 g/mol. The molecule has 3 rings (SSSR count). The molecular formula is C16H15Cl2N3O. The molecule has 2 aromatic heterocycles. The second-order valence-corrected chi connectivity index (χ2v) is 6.21. The van der Waals surface area contributed by atoms with Gasteiger partial charge in [-0.1, -0.05) is 23.2 Å². The molecule has 0 aliphatic heterocycles. The van der Waals surface area contributed by atoms with E-state index in [2.05, 4.69) is 9.97 Å². The Balaban J connectivity index is 1.97. The van der Waals surface area contributed by atoms with Gasteiger partial charge in [0.2, 0.25) is 0 Å². The van der Waals surface area contributed by atoms with Crippen molar-refractivity contribution < 1.29 is 4.79 Å². The predicted octanol–water partition coefficient (Wildman–Crippen LogP) is 4.15. The normalized spacial score (nSPS) is 14.0. The van der Waals surface area contributed by atoms with E-state index in [9.17, 15) is 4.79 Å². The van der Waals surface area contributed by atoms with E-state index in [-0.39, 0.29) is 10.9 Å². The van der Waals surface area contributed by atoms with Crippen LogP contribution in [0, 0.1) is 12.8 Å². The van der Waals surface area contributed by atoms with Crippen LogP contribution in [0.25, 0.3) is 0 Å². The highest BCUT2D eigenvalue weighted by atomic mass is 35.5. The van der Waals surface area contributed by atoms with Gasteiger partial charge in [0, 0.05) is 18.9 Å². The fourth-order valence-electron chi connectivity index (χ4n) is 2.22. The van der Waals surface area contributed by atoms with Crippen LogP contribution in [-0.2, 0) is 0 Å². The van der Waals surface area contributed by atoms with Crippen LogP contribution in [0.1, 0.15) is 28.9 Å². The number of rotatable bonds is 4. The fraction of sp³-hybridized carbons (Fsp3) is 0.312. The second kappa shape index (κ2) is 6.23. The number of hydrogen-bond donors (Lipinski definition) is 0. The van der Waals surface area contributed by atoms with Crippen molar-refractivity contribution in [1.82, 2.24) is 9.97 Å². The van der Waals surface area contributed by atoms with Crippen LogP contribution in [0.2, 0.25) is 10.0 Å². The Morgan fingerprint density at radius 1 is 1.32 bits per heavy atom. The van der Waals surface area contributed by atoms with Crippen LogP contribution in [0.4, 0.5) is 5.69 Å². The average molecular weight is 336 g/mol. The summed E-state index contributed by atoms with van der Waals surface area (Å²) in [7, 11) is 0. The number of aromatic nitrogens is 2. The van der Waals surface area contributed by atoms with Gasteiger partial charge >= 0.3 is 0 Å². The molecule has 0 unspecified atom stereocenters. The van der Waals surface area contributed by atoms with Gasteiger partial charge in [0.25, 0.3) is 5.91 Å². The molecule has 0 aromatic carbocycles. The van der Waals surface area contributed by atoms with E-state index in [1.165, 1.54) is 6.20 Å².